The van der Waals surface area contributed by atoms with Crippen molar-refractivity contribution in [3.63, 3.8) is 0 Å². The van der Waals surface area contributed by atoms with Crippen LogP contribution in [0.5, 0.6) is 0 Å². The molecule has 4 heterocycles. The van der Waals surface area contributed by atoms with Gasteiger partial charge in [0.2, 0.25) is 0 Å². The van der Waals surface area contributed by atoms with E-state index in [9.17, 15) is 0 Å². The van der Waals surface area contributed by atoms with Crippen molar-refractivity contribution >= 4 is 0 Å². The van der Waals surface area contributed by atoms with Crippen molar-refractivity contribution in [3.8, 4) is 0 Å². The molecule has 23 heavy (non-hydrogen) atoms. The fraction of sp³-hybridized carbons (Fsp3) is 1.00. The molecule has 0 aromatic heterocycles. The number of hydrogen-bond acceptors (Lipinski definition) is 5. The summed E-state index contributed by atoms with van der Waals surface area (Å²) in [6, 6.07) is 1.25. The molecule has 0 aromatic rings. The number of fused-ring (bicyclic) bond motifs is 1. The summed E-state index contributed by atoms with van der Waals surface area (Å²) in [4.78, 5) is 2.66. The van der Waals surface area contributed by atoms with Crippen LogP contribution in [0.15, 0.2) is 0 Å². The minimum atomic E-state index is 0.302. The molecule has 4 fully saturated rings. The van der Waals surface area contributed by atoms with E-state index in [0.717, 1.165) is 58.9 Å². The van der Waals surface area contributed by atoms with Crippen LogP contribution in [0.1, 0.15) is 38.5 Å². The number of ether oxygens (including phenoxy) is 4. The van der Waals surface area contributed by atoms with Gasteiger partial charge in [-0.15, -0.1) is 0 Å². The minimum absolute atomic E-state index is 0.302. The Morgan fingerprint density at radius 1 is 0.870 bits per heavy atom. The largest absolute Gasteiger partial charge is 0.381 e. The maximum atomic E-state index is 6.36. The van der Waals surface area contributed by atoms with Crippen molar-refractivity contribution in [1.82, 2.24) is 4.90 Å². The van der Waals surface area contributed by atoms with Gasteiger partial charge in [-0.1, -0.05) is 0 Å². The Morgan fingerprint density at radius 3 is 2.57 bits per heavy atom. The lowest BCUT2D eigenvalue weighted by Crippen LogP contribution is -2.47. The van der Waals surface area contributed by atoms with Gasteiger partial charge in [-0.2, -0.15) is 0 Å². The van der Waals surface area contributed by atoms with Crippen molar-refractivity contribution in [2.45, 2.75) is 62.8 Å². The highest BCUT2D eigenvalue weighted by Crippen LogP contribution is 2.34. The number of likely N-dealkylation sites (tertiary alicyclic amines) is 1. The van der Waals surface area contributed by atoms with Crippen LogP contribution in [0.25, 0.3) is 0 Å². The lowest BCUT2D eigenvalue weighted by atomic mass is 9.98. The molecule has 4 aliphatic rings. The summed E-state index contributed by atoms with van der Waals surface area (Å²) in [6.07, 6.45) is 7.78. The molecule has 0 bridgehead atoms. The van der Waals surface area contributed by atoms with Crippen molar-refractivity contribution in [2.75, 3.05) is 46.2 Å². The first-order valence-electron chi connectivity index (χ1n) is 9.54. The minimum Gasteiger partial charge on any atom is -0.381 e. The summed E-state index contributed by atoms with van der Waals surface area (Å²) in [5, 5.41) is 0. The lowest BCUT2D eigenvalue weighted by Gasteiger charge is -2.38. The lowest BCUT2D eigenvalue weighted by molar-refractivity contribution is -0.107. The van der Waals surface area contributed by atoms with Gasteiger partial charge in [0, 0.05) is 45.1 Å². The number of hydrogen-bond donors (Lipinski definition) is 0. The van der Waals surface area contributed by atoms with Gasteiger partial charge in [0.05, 0.1) is 25.4 Å². The average Bonchev–Trinajstić information content (AvgIpc) is 3.24. The van der Waals surface area contributed by atoms with E-state index in [1.165, 1.54) is 25.8 Å². The van der Waals surface area contributed by atoms with E-state index in [4.69, 9.17) is 18.9 Å². The molecule has 0 spiro atoms. The zero-order valence-corrected chi connectivity index (χ0v) is 14.2. The van der Waals surface area contributed by atoms with Gasteiger partial charge >= 0.3 is 0 Å². The quantitative estimate of drug-likeness (QED) is 0.771. The zero-order valence-electron chi connectivity index (χ0n) is 14.2. The van der Waals surface area contributed by atoms with Crippen LogP contribution in [0, 0.1) is 5.92 Å². The third-order valence-electron chi connectivity index (χ3n) is 6.05. The molecule has 4 rings (SSSR count). The van der Waals surface area contributed by atoms with E-state index in [0.29, 0.717) is 30.2 Å². The Morgan fingerprint density at radius 2 is 1.74 bits per heavy atom. The number of rotatable bonds is 5. The summed E-state index contributed by atoms with van der Waals surface area (Å²) in [7, 11) is 0. The first kappa shape index (κ1) is 16.3. The molecule has 4 atom stereocenters. The maximum absolute atomic E-state index is 6.36. The average molecular weight is 325 g/mol. The van der Waals surface area contributed by atoms with Gasteiger partial charge in [-0.05, 0) is 44.4 Å². The zero-order chi connectivity index (χ0) is 15.5. The van der Waals surface area contributed by atoms with Gasteiger partial charge in [0.15, 0.2) is 0 Å². The molecule has 0 N–H and O–H groups in total. The van der Waals surface area contributed by atoms with Gasteiger partial charge in [0.25, 0.3) is 0 Å². The molecule has 5 nitrogen and oxygen atoms in total. The highest BCUT2D eigenvalue weighted by Gasteiger charge is 2.43. The van der Waals surface area contributed by atoms with Crippen molar-refractivity contribution in [1.29, 1.82) is 0 Å². The maximum Gasteiger partial charge on any atom is 0.0813 e. The molecule has 0 amide bonds. The van der Waals surface area contributed by atoms with E-state index >= 15 is 0 Å². The first-order chi connectivity index (χ1) is 11.4. The summed E-state index contributed by atoms with van der Waals surface area (Å²) < 4.78 is 23.3. The summed E-state index contributed by atoms with van der Waals surface area (Å²) in [6.45, 7) is 6.48. The molecule has 5 heteroatoms. The summed E-state index contributed by atoms with van der Waals surface area (Å²) in [5.74, 6) is 0.685. The SMILES string of the molecule is C1CC(COC[C@@H]2CC[C@H]3[C@H](CCN3[C@@H]3CCOC3)O2)CCO1. The Kier molecular flexibility index (Phi) is 5.51. The highest BCUT2D eigenvalue weighted by atomic mass is 16.5. The number of nitrogens with zero attached hydrogens (tertiary/aromatic N) is 1. The van der Waals surface area contributed by atoms with Crippen molar-refractivity contribution in [3.05, 3.63) is 0 Å². The predicted molar refractivity (Wildman–Crippen MR) is 86.6 cm³/mol. The van der Waals surface area contributed by atoms with E-state index in [2.05, 4.69) is 4.90 Å². The predicted octanol–water partition coefficient (Wildman–Crippen LogP) is 1.84. The molecular weight excluding hydrogens is 294 g/mol. The Hall–Kier alpha value is -0.200. The fourth-order valence-corrected chi connectivity index (χ4v) is 4.67. The first-order valence-corrected chi connectivity index (χ1v) is 9.54. The Bertz CT molecular complexity index is 368. The third kappa shape index (κ3) is 3.90. The van der Waals surface area contributed by atoms with Crippen LogP contribution in [0.2, 0.25) is 0 Å². The Balaban J connectivity index is 1.19. The van der Waals surface area contributed by atoms with Crippen LogP contribution >= 0.6 is 0 Å². The Labute approximate surface area is 139 Å². The molecule has 0 radical (unpaired) electrons. The molecule has 0 aromatic carbocycles. The molecule has 0 unspecified atom stereocenters. The van der Waals surface area contributed by atoms with Gasteiger partial charge in [-0.3, -0.25) is 4.90 Å². The van der Waals surface area contributed by atoms with Gasteiger partial charge in [-0.25, -0.2) is 0 Å². The summed E-state index contributed by atoms with van der Waals surface area (Å²) >= 11 is 0. The summed E-state index contributed by atoms with van der Waals surface area (Å²) in [5.41, 5.74) is 0. The third-order valence-corrected chi connectivity index (χ3v) is 6.05. The highest BCUT2D eigenvalue weighted by molar-refractivity contribution is 4.96. The van der Waals surface area contributed by atoms with E-state index < -0.39 is 0 Å². The molecule has 0 saturated carbocycles. The second-order valence-corrected chi connectivity index (χ2v) is 7.58. The fourth-order valence-electron chi connectivity index (χ4n) is 4.67. The van der Waals surface area contributed by atoms with Gasteiger partial charge in [0.1, 0.15) is 0 Å². The second-order valence-electron chi connectivity index (χ2n) is 7.58. The van der Waals surface area contributed by atoms with Crippen molar-refractivity contribution in [2.24, 2.45) is 5.92 Å². The smallest absolute Gasteiger partial charge is 0.0813 e. The topological polar surface area (TPSA) is 40.2 Å². The molecule has 132 valence electrons. The monoisotopic (exact) mass is 325 g/mol. The standard InChI is InChI=1S/C18H31NO4/c1-2-17-18(3-7-19(17)15-6-10-21-12-15)23-16(1)13-22-11-14-4-8-20-9-5-14/h14-18H,1-13H2/t15-,16+,17+,18+/m1/s1. The normalized spacial score (nSPS) is 39.7. The van der Waals surface area contributed by atoms with Crippen LogP contribution in [0.3, 0.4) is 0 Å². The van der Waals surface area contributed by atoms with Crippen LogP contribution in [-0.4, -0.2) is 75.4 Å². The molecule has 4 aliphatic heterocycles. The van der Waals surface area contributed by atoms with E-state index in [1.807, 2.05) is 0 Å². The second kappa shape index (κ2) is 7.79. The van der Waals surface area contributed by atoms with E-state index in [1.54, 1.807) is 0 Å². The van der Waals surface area contributed by atoms with Crippen LogP contribution < -0.4 is 0 Å². The van der Waals surface area contributed by atoms with Crippen LogP contribution in [-0.2, 0) is 18.9 Å². The molecular formula is C18H31NO4. The molecule has 0 aliphatic carbocycles. The van der Waals surface area contributed by atoms with Crippen molar-refractivity contribution < 1.29 is 18.9 Å². The van der Waals surface area contributed by atoms with E-state index in [-0.39, 0.29) is 0 Å². The molecule has 4 saturated heterocycles. The van der Waals surface area contributed by atoms with Gasteiger partial charge < -0.3 is 18.9 Å². The van der Waals surface area contributed by atoms with Crippen LogP contribution in [0.4, 0.5) is 0 Å².